The number of ether oxygens (including phenoxy) is 1. The molecule has 3 N–H and O–H groups in total. The molecule has 1 aromatic carbocycles. The van der Waals surface area contributed by atoms with Crippen molar-refractivity contribution in [3.05, 3.63) is 61.3 Å². The van der Waals surface area contributed by atoms with Gasteiger partial charge in [0.25, 0.3) is 11.5 Å². The molecule has 10 nitrogen and oxygen atoms in total. The Balaban J connectivity index is 2.18. The predicted molar refractivity (Wildman–Crippen MR) is 119 cm³/mol. The number of rotatable bonds is 8. The molecule has 2 aromatic rings. The van der Waals surface area contributed by atoms with E-state index < -0.39 is 47.1 Å². The molecule has 11 heteroatoms. The van der Waals surface area contributed by atoms with Gasteiger partial charge in [-0.2, -0.15) is 0 Å². The second-order valence-corrected chi connectivity index (χ2v) is 7.78. The molecular weight excluding hydrogens is 440 g/mol. The maximum Gasteiger partial charge on any atom is 0.332 e. The highest BCUT2D eigenvalue weighted by molar-refractivity contribution is 6.30. The molecule has 0 aliphatic rings. The van der Waals surface area contributed by atoms with Crippen molar-refractivity contribution in [2.45, 2.75) is 26.3 Å². The number of nitrogens with one attached hydrogen (secondary N) is 1. The Bertz CT molecular complexity index is 1150. The number of nitrogens with zero attached hydrogens (tertiary/aromatic N) is 2. The van der Waals surface area contributed by atoms with Gasteiger partial charge in [-0.25, -0.2) is 9.59 Å². The third-order valence-corrected chi connectivity index (χ3v) is 5.45. The third kappa shape index (κ3) is 5.25. The van der Waals surface area contributed by atoms with Gasteiger partial charge in [-0.15, -0.1) is 0 Å². The lowest BCUT2D eigenvalue weighted by Crippen LogP contribution is -2.46. The van der Waals surface area contributed by atoms with E-state index in [1.54, 1.807) is 19.1 Å². The van der Waals surface area contributed by atoms with Gasteiger partial charge in [0.1, 0.15) is 17.4 Å². The van der Waals surface area contributed by atoms with Crippen LogP contribution < -0.4 is 22.3 Å². The summed E-state index contributed by atoms with van der Waals surface area (Å²) in [5, 5.41) is 3.07. The number of amides is 1. The maximum atomic E-state index is 12.7. The Morgan fingerprint density at radius 3 is 2.28 bits per heavy atom. The second kappa shape index (κ2) is 10.3. The summed E-state index contributed by atoms with van der Waals surface area (Å²) in [6.07, 6.45) is 0.545. The number of hydrogen-bond donors (Lipinski definition) is 2. The van der Waals surface area contributed by atoms with Crippen molar-refractivity contribution in [2.24, 2.45) is 20.0 Å². The van der Waals surface area contributed by atoms with Gasteiger partial charge >= 0.3 is 11.7 Å². The summed E-state index contributed by atoms with van der Waals surface area (Å²) in [4.78, 5) is 62.0. The minimum absolute atomic E-state index is 0.299. The first-order valence-electron chi connectivity index (χ1n) is 9.81. The fourth-order valence-electron chi connectivity index (χ4n) is 2.92. The molecule has 0 aliphatic carbocycles. The van der Waals surface area contributed by atoms with E-state index >= 15 is 0 Å². The Morgan fingerprint density at radius 2 is 1.72 bits per heavy atom. The predicted octanol–water partition coefficient (Wildman–Crippen LogP) is 0.890. The molecule has 1 amide bonds. The van der Waals surface area contributed by atoms with E-state index in [1.807, 2.05) is 6.92 Å². The highest BCUT2D eigenvalue weighted by Gasteiger charge is 2.29. The van der Waals surface area contributed by atoms with Crippen LogP contribution in [0.3, 0.4) is 0 Å². The summed E-state index contributed by atoms with van der Waals surface area (Å²) in [6, 6.07) is 5.08. The Hall–Kier alpha value is -3.40. The number of anilines is 1. The van der Waals surface area contributed by atoms with Gasteiger partial charge < -0.3 is 15.8 Å². The van der Waals surface area contributed by atoms with Crippen LogP contribution in [0.4, 0.5) is 5.82 Å². The van der Waals surface area contributed by atoms with Crippen molar-refractivity contribution in [2.75, 3.05) is 12.3 Å². The summed E-state index contributed by atoms with van der Waals surface area (Å²) < 4.78 is 6.79. The van der Waals surface area contributed by atoms with Crippen LogP contribution in [0.5, 0.6) is 0 Å². The van der Waals surface area contributed by atoms with Crippen LogP contribution in [0.2, 0.25) is 5.02 Å². The number of esters is 1. The standard InChI is InChI=1S/C21H25ClN4O6/c1-5-11(2)16(24-18(28)12-6-8-13(22)9-7-12)20(30)32-10-14(27)15-17(23)25(3)21(31)26(4)19(15)29/h6-9,11,16H,5,10,23H2,1-4H3,(H,24,28)/t11-,16+/m1/s1. The lowest BCUT2D eigenvalue weighted by molar-refractivity contribution is -0.146. The molecular formula is C21H25ClN4O6. The number of nitrogens with two attached hydrogens (primary N) is 1. The molecule has 0 radical (unpaired) electrons. The van der Waals surface area contributed by atoms with Gasteiger partial charge in [-0.1, -0.05) is 31.9 Å². The molecule has 0 unspecified atom stereocenters. The third-order valence-electron chi connectivity index (χ3n) is 5.19. The SMILES string of the molecule is CC[C@@H](C)[C@H](NC(=O)c1ccc(Cl)cc1)C(=O)OCC(=O)c1c(N)n(C)c(=O)n(C)c1=O. The number of carbonyl (C=O) groups is 3. The molecule has 1 aromatic heterocycles. The van der Waals surface area contributed by atoms with Gasteiger partial charge in [0, 0.05) is 24.7 Å². The molecule has 2 atom stereocenters. The van der Waals surface area contributed by atoms with Crippen LogP contribution in [0, 0.1) is 5.92 Å². The van der Waals surface area contributed by atoms with Crippen LogP contribution in [-0.4, -0.2) is 39.4 Å². The van der Waals surface area contributed by atoms with E-state index in [0.29, 0.717) is 17.0 Å². The van der Waals surface area contributed by atoms with E-state index in [9.17, 15) is 24.0 Å². The summed E-state index contributed by atoms with van der Waals surface area (Å²) in [6.45, 7) is 2.80. The number of carbonyl (C=O) groups excluding carboxylic acids is 3. The maximum absolute atomic E-state index is 12.7. The number of benzene rings is 1. The minimum atomic E-state index is -1.03. The Morgan fingerprint density at radius 1 is 1.12 bits per heavy atom. The van der Waals surface area contributed by atoms with Crippen LogP contribution in [0.1, 0.15) is 41.0 Å². The van der Waals surface area contributed by atoms with E-state index in [2.05, 4.69) is 5.32 Å². The van der Waals surface area contributed by atoms with Crippen molar-refractivity contribution in [3.8, 4) is 0 Å². The van der Waals surface area contributed by atoms with Gasteiger partial charge in [0.05, 0.1) is 0 Å². The number of aromatic nitrogens is 2. The average Bonchev–Trinajstić information content (AvgIpc) is 2.78. The van der Waals surface area contributed by atoms with Crippen LogP contribution in [-0.2, 0) is 23.6 Å². The van der Waals surface area contributed by atoms with Crippen molar-refractivity contribution in [1.82, 2.24) is 14.5 Å². The van der Waals surface area contributed by atoms with Crippen LogP contribution >= 0.6 is 11.6 Å². The second-order valence-electron chi connectivity index (χ2n) is 7.34. The van der Waals surface area contributed by atoms with Gasteiger partial charge in [0.2, 0.25) is 5.78 Å². The van der Waals surface area contributed by atoms with Crippen LogP contribution in [0.25, 0.3) is 0 Å². The first kappa shape index (κ1) is 24.9. The largest absolute Gasteiger partial charge is 0.456 e. The number of halogens is 1. The summed E-state index contributed by atoms with van der Waals surface area (Å²) in [7, 11) is 2.52. The summed E-state index contributed by atoms with van der Waals surface area (Å²) in [5.41, 5.74) is 4.02. The van der Waals surface area contributed by atoms with Crippen LogP contribution in [0.15, 0.2) is 33.9 Å². The van der Waals surface area contributed by atoms with E-state index in [4.69, 9.17) is 22.1 Å². The van der Waals surface area contributed by atoms with Crippen molar-refractivity contribution < 1.29 is 19.1 Å². The molecule has 0 saturated carbocycles. The zero-order valence-electron chi connectivity index (χ0n) is 18.2. The molecule has 0 spiro atoms. The first-order chi connectivity index (χ1) is 15.0. The Kier molecular flexibility index (Phi) is 7.98. The monoisotopic (exact) mass is 464 g/mol. The molecule has 0 aliphatic heterocycles. The number of ketones is 1. The lowest BCUT2D eigenvalue weighted by Gasteiger charge is -2.22. The zero-order valence-corrected chi connectivity index (χ0v) is 18.9. The summed E-state index contributed by atoms with van der Waals surface area (Å²) >= 11 is 5.83. The van der Waals surface area contributed by atoms with E-state index in [-0.39, 0.29) is 11.7 Å². The lowest BCUT2D eigenvalue weighted by atomic mass is 9.98. The number of nitrogen functional groups attached to an aromatic ring is 1. The highest BCUT2D eigenvalue weighted by atomic mass is 35.5. The summed E-state index contributed by atoms with van der Waals surface area (Å²) in [5.74, 6) is -2.83. The molecule has 32 heavy (non-hydrogen) atoms. The van der Waals surface area contributed by atoms with Gasteiger partial charge in [0.15, 0.2) is 6.61 Å². The molecule has 0 saturated heterocycles. The van der Waals surface area contributed by atoms with Crippen molar-refractivity contribution in [1.29, 1.82) is 0 Å². The Labute approximate surface area is 188 Å². The normalized spacial score (nSPS) is 12.7. The minimum Gasteiger partial charge on any atom is -0.456 e. The van der Waals surface area contributed by atoms with Crippen molar-refractivity contribution in [3.63, 3.8) is 0 Å². The van der Waals surface area contributed by atoms with E-state index in [0.717, 1.165) is 9.13 Å². The van der Waals surface area contributed by atoms with Gasteiger partial charge in [-0.3, -0.25) is 23.5 Å². The van der Waals surface area contributed by atoms with E-state index in [1.165, 1.54) is 26.2 Å². The molecule has 1 heterocycles. The topological polar surface area (TPSA) is 142 Å². The highest BCUT2D eigenvalue weighted by Crippen LogP contribution is 2.14. The fraction of sp³-hybridized carbons (Fsp3) is 0.381. The average molecular weight is 465 g/mol. The number of Topliss-reactive ketones (excluding diaryl/α,β-unsaturated/α-hetero) is 1. The fourth-order valence-corrected chi connectivity index (χ4v) is 3.04. The van der Waals surface area contributed by atoms with Gasteiger partial charge in [-0.05, 0) is 30.2 Å². The molecule has 2 rings (SSSR count). The smallest absolute Gasteiger partial charge is 0.332 e. The molecule has 0 bridgehead atoms. The number of hydrogen-bond acceptors (Lipinski definition) is 7. The van der Waals surface area contributed by atoms with Crippen molar-refractivity contribution >= 4 is 35.1 Å². The molecule has 0 fully saturated rings. The zero-order chi connectivity index (χ0) is 24.2. The molecule has 172 valence electrons. The quantitative estimate of drug-likeness (QED) is 0.436. The first-order valence-corrected chi connectivity index (χ1v) is 10.2.